The van der Waals surface area contributed by atoms with Gasteiger partial charge in [-0.1, -0.05) is 19.1 Å². The maximum absolute atomic E-state index is 12.9. The molecule has 1 atom stereocenters. The number of likely N-dealkylation sites (tertiary alicyclic amines) is 1. The Hall–Kier alpha value is -2.08. The first-order valence-corrected chi connectivity index (χ1v) is 10.4. The summed E-state index contributed by atoms with van der Waals surface area (Å²) >= 11 is 0. The van der Waals surface area contributed by atoms with E-state index in [2.05, 4.69) is 17.4 Å². The van der Waals surface area contributed by atoms with Crippen LogP contribution in [0.2, 0.25) is 0 Å². The van der Waals surface area contributed by atoms with E-state index in [1.165, 1.54) is 5.56 Å². The Morgan fingerprint density at radius 1 is 1.25 bits per heavy atom. The molecule has 1 N–H and O–H groups in total. The average molecular weight is 389 g/mol. The minimum absolute atomic E-state index is 0.0629. The van der Waals surface area contributed by atoms with Crippen LogP contribution in [0.5, 0.6) is 5.75 Å². The third kappa shape index (κ3) is 4.66. The summed E-state index contributed by atoms with van der Waals surface area (Å²) in [5.74, 6) is 0.916. The van der Waals surface area contributed by atoms with Gasteiger partial charge in [0.2, 0.25) is 11.8 Å². The summed E-state index contributed by atoms with van der Waals surface area (Å²) in [5, 5.41) is 3.20. The first-order valence-electron chi connectivity index (χ1n) is 10.4. The number of nitrogens with zero attached hydrogens (tertiary/aromatic N) is 1. The molecule has 1 unspecified atom stereocenters. The van der Waals surface area contributed by atoms with Crippen LogP contribution in [0.3, 0.4) is 0 Å². The molecule has 2 fully saturated rings. The molecule has 2 amide bonds. The molecule has 6 heteroatoms. The zero-order valence-corrected chi connectivity index (χ0v) is 17.0. The van der Waals surface area contributed by atoms with Gasteiger partial charge >= 0.3 is 0 Å². The van der Waals surface area contributed by atoms with Crippen LogP contribution in [-0.4, -0.2) is 56.7 Å². The quantitative estimate of drug-likeness (QED) is 0.813. The van der Waals surface area contributed by atoms with Crippen LogP contribution in [0, 0.1) is 5.92 Å². The van der Waals surface area contributed by atoms with Crippen molar-refractivity contribution in [1.82, 2.24) is 10.2 Å². The average Bonchev–Trinajstić information content (AvgIpc) is 2.77. The van der Waals surface area contributed by atoms with Gasteiger partial charge in [0.05, 0.1) is 13.0 Å². The van der Waals surface area contributed by atoms with Gasteiger partial charge in [0.25, 0.3) is 0 Å². The summed E-state index contributed by atoms with van der Waals surface area (Å²) in [6, 6.07) is 8.14. The number of hydrogen-bond donors (Lipinski definition) is 1. The van der Waals surface area contributed by atoms with Gasteiger partial charge < -0.3 is 19.7 Å². The third-order valence-corrected chi connectivity index (χ3v) is 6.20. The number of rotatable bonds is 6. The van der Waals surface area contributed by atoms with Crippen LogP contribution in [0.1, 0.15) is 44.6 Å². The number of benzene rings is 1. The smallest absolute Gasteiger partial charge is 0.224 e. The van der Waals surface area contributed by atoms with Crippen LogP contribution in [-0.2, 0) is 19.7 Å². The molecule has 2 saturated heterocycles. The number of methoxy groups -OCH3 is 1. The van der Waals surface area contributed by atoms with Gasteiger partial charge in [0, 0.05) is 44.7 Å². The van der Waals surface area contributed by atoms with Crippen molar-refractivity contribution in [3.63, 3.8) is 0 Å². The number of piperidine rings is 1. The predicted octanol–water partition coefficient (Wildman–Crippen LogP) is 2.51. The number of hydrogen-bond acceptors (Lipinski definition) is 4. The molecular weight excluding hydrogens is 356 g/mol. The Morgan fingerprint density at radius 3 is 2.61 bits per heavy atom. The molecule has 28 heavy (non-hydrogen) atoms. The van der Waals surface area contributed by atoms with Gasteiger partial charge in [0.15, 0.2) is 0 Å². The highest BCUT2D eigenvalue weighted by molar-refractivity contribution is 5.81. The number of ether oxygens (including phenoxy) is 2. The maximum Gasteiger partial charge on any atom is 0.224 e. The second-order valence-electron chi connectivity index (χ2n) is 7.87. The van der Waals surface area contributed by atoms with E-state index in [0.29, 0.717) is 32.7 Å². The highest BCUT2D eigenvalue weighted by Crippen LogP contribution is 2.35. The fourth-order valence-corrected chi connectivity index (χ4v) is 4.32. The SMILES string of the molecule is CCC(=O)N1CCCC(C(=O)NCC2(c3ccc(OC)cc3)CCOCC2)C1. The lowest BCUT2D eigenvalue weighted by Gasteiger charge is -2.39. The van der Waals surface area contributed by atoms with Crippen molar-refractivity contribution in [3.05, 3.63) is 29.8 Å². The lowest BCUT2D eigenvalue weighted by Crippen LogP contribution is -2.49. The van der Waals surface area contributed by atoms with E-state index in [0.717, 1.165) is 38.0 Å². The summed E-state index contributed by atoms with van der Waals surface area (Å²) in [5.41, 5.74) is 1.09. The fraction of sp³-hybridized carbons (Fsp3) is 0.636. The van der Waals surface area contributed by atoms with Crippen LogP contribution in [0.4, 0.5) is 0 Å². The van der Waals surface area contributed by atoms with Crippen LogP contribution in [0.25, 0.3) is 0 Å². The first kappa shape index (κ1) is 20.6. The molecule has 0 saturated carbocycles. The number of carbonyl (C=O) groups excluding carboxylic acids is 2. The van der Waals surface area contributed by atoms with Gasteiger partial charge in [0.1, 0.15) is 5.75 Å². The van der Waals surface area contributed by atoms with Crippen molar-refractivity contribution in [2.24, 2.45) is 5.92 Å². The highest BCUT2D eigenvalue weighted by atomic mass is 16.5. The summed E-state index contributed by atoms with van der Waals surface area (Å²) in [4.78, 5) is 26.7. The molecule has 2 aliphatic heterocycles. The van der Waals surface area contributed by atoms with Gasteiger partial charge in [-0.05, 0) is 43.4 Å². The second-order valence-corrected chi connectivity index (χ2v) is 7.87. The summed E-state index contributed by atoms with van der Waals surface area (Å²) in [7, 11) is 1.66. The Bertz CT molecular complexity index is 668. The topological polar surface area (TPSA) is 67.9 Å². The number of amides is 2. The van der Waals surface area contributed by atoms with Crippen LogP contribution in [0.15, 0.2) is 24.3 Å². The molecule has 2 aliphatic rings. The van der Waals surface area contributed by atoms with E-state index in [9.17, 15) is 9.59 Å². The molecule has 0 radical (unpaired) electrons. The summed E-state index contributed by atoms with van der Waals surface area (Å²) in [6.45, 7) is 5.17. The van der Waals surface area contributed by atoms with Gasteiger partial charge in [-0.3, -0.25) is 9.59 Å². The maximum atomic E-state index is 12.9. The van der Waals surface area contributed by atoms with E-state index in [4.69, 9.17) is 9.47 Å². The molecule has 2 heterocycles. The summed E-state index contributed by atoms with van der Waals surface area (Å²) < 4.78 is 10.9. The van der Waals surface area contributed by atoms with E-state index in [1.54, 1.807) is 7.11 Å². The monoisotopic (exact) mass is 388 g/mol. The lowest BCUT2D eigenvalue weighted by molar-refractivity contribution is -0.135. The minimum Gasteiger partial charge on any atom is -0.497 e. The van der Waals surface area contributed by atoms with Crippen LogP contribution >= 0.6 is 0 Å². The van der Waals surface area contributed by atoms with E-state index in [-0.39, 0.29) is 23.1 Å². The molecule has 1 aromatic carbocycles. The van der Waals surface area contributed by atoms with Crippen molar-refractivity contribution in [2.45, 2.75) is 44.4 Å². The molecule has 0 aliphatic carbocycles. The Kier molecular flexibility index (Phi) is 6.94. The second kappa shape index (κ2) is 9.41. The van der Waals surface area contributed by atoms with Crippen molar-refractivity contribution in [1.29, 1.82) is 0 Å². The Balaban J connectivity index is 1.66. The highest BCUT2D eigenvalue weighted by Gasteiger charge is 2.36. The molecule has 154 valence electrons. The third-order valence-electron chi connectivity index (χ3n) is 6.20. The normalized spacial score (nSPS) is 21.8. The first-order chi connectivity index (χ1) is 13.6. The molecule has 3 rings (SSSR count). The van der Waals surface area contributed by atoms with Crippen molar-refractivity contribution in [2.75, 3.05) is 40.0 Å². The summed E-state index contributed by atoms with van der Waals surface area (Å²) in [6.07, 6.45) is 3.99. The van der Waals surface area contributed by atoms with Gasteiger partial charge in [-0.2, -0.15) is 0 Å². The van der Waals surface area contributed by atoms with E-state index < -0.39 is 0 Å². The fourth-order valence-electron chi connectivity index (χ4n) is 4.32. The van der Waals surface area contributed by atoms with Crippen molar-refractivity contribution < 1.29 is 19.1 Å². The van der Waals surface area contributed by atoms with Gasteiger partial charge in [-0.25, -0.2) is 0 Å². The van der Waals surface area contributed by atoms with Crippen molar-refractivity contribution in [3.8, 4) is 5.75 Å². The largest absolute Gasteiger partial charge is 0.497 e. The predicted molar refractivity (Wildman–Crippen MR) is 107 cm³/mol. The van der Waals surface area contributed by atoms with E-state index >= 15 is 0 Å². The Labute approximate surface area is 167 Å². The molecule has 6 nitrogen and oxygen atoms in total. The molecular formula is C22H32N2O4. The van der Waals surface area contributed by atoms with E-state index in [1.807, 2.05) is 24.0 Å². The van der Waals surface area contributed by atoms with Gasteiger partial charge in [-0.15, -0.1) is 0 Å². The molecule has 0 bridgehead atoms. The minimum atomic E-state index is -0.117. The standard InChI is InChI=1S/C22H32N2O4/c1-3-20(25)24-12-4-5-17(15-24)21(26)23-16-22(10-13-28-14-11-22)18-6-8-19(27-2)9-7-18/h6-9,17H,3-5,10-16H2,1-2H3,(H,23,26). The van der Waals surface area contributed by atoms with Crippen LogP contribution < -0.4 is 10.1 Å². The van der Waals surface area contributed by atoms with Crippen molar-refractivity contribution >= 4 is 11.8 Å². The zero-order valence-electron chi connectivity index (χ0n) is 17.0. The molecule has 1 aromatic rings. The number of carbonyl (C=O) groups is 2. The lowest BCUT2D eigenvalue weighted by atomic mass is 9.74. The Morgan fingerprint density at radius 2 is 1.96 bits per heavy atom. The zero-order chi connectivity index (χ0) is 20.0. The molecule has 0 aromatic heterocycles. The molecule has 0 spiro atoms. The number of nitrogens with one attached hydrogen (secondary N) is 1.